The Morgan fingerprint density at radius 1 is 1.12 bits per heavy atom. The molecule has 0 aliphatic carbocycles. The minimum absolute atomic E-state index is 0.00641. The number of benzene rings is 1. The molecule has 3 heterocycles. The van der Waals surface area contributed by atoms with Gasteiger partial charge in [0.2, 0.25) is 0 Å². The molecule has 5 nitrogen and oxygen atoms in total. The molecule has 0 spiro atoms. The van der Waals surface area contributed by atoms with Crippen molar-refractivity contribution in [3.63, 3.8) is 0 Å². The van der Waals surface area contributed by atoms with Crippen molar-refractivity contribution in [3.8, 4) is 11.3 Å². The van der Waals surface area contributed by atoms with Gasteiger partial charge in [0.1, 0.15) is 5.82 Å². The summed E-state index contributed by atoms with van der Waals surface area (Å²) in [6.45, 7) is 9.25. The number of fused-ring (bicyclic) bond motifs is 1. The van der Waals surface area contributed by atoms with Crippen LogP contribution in [0.2, 0.25) is 0 Å². The van der Waals surface area contributed by atoms with Gasteiger partial charge in [0, 0.05) is 54.5 Å². The van der Waals surface area contributed by atoms with Crippen LogP contribution in [0.4, 0.5) is 0 Å². The van der Waals surface area contributed by atoms with Crippen LogP contribution < -0.4 is 0 Å². The van der Waals surface area contributed by atoms with Gasteiger partial charge in [0.05, 0.1) is 11.9 Å². The average molecular weight is 347 g/mol. The fourth-order valence-corrected chi connectivity index (χ4v) is 3.40. The fourth-order valence-electron chi connectivity index (χ4n) is 3.40. The number of nitrogens with zero attached hydrogens (tertiary/aromatic N) is 4. The third-order valence-corrected chi connectivity index (χ3v) is 4.86. The van der Waals surface area contributed by atoms with E-state index in [0.717, 1.165) is 37.6 Å². The molecular weight excluding hydrogens is 322 g/mol. The summed E-state index contributed by atoms with van der Waals surface area (Å²) in [5, 5.41) is 7.42. The Kier molecular flexibility index (Phi) is 4.32. The van der Waals surface area contributed by atoms with Gasteiger partial charge in [-0.05, 0) is 5.56 Å². The molecule has 134 valence electrons. The van der Waals surface area contributed by atoms with Crippen LogP contribution in [0.1, 0.15) is 43.4 Å². The van der Waals surface area contributed by atoms with Crippen LogP contribution in [0.5, 0.6) is 0 Å². The van der Waals surface area contributed by atoms with Crippen molar-refractivity contribution in [2.75, 3.05) is 6.54 Å². The van der Waals surface area contributed by atoms with Gasteiger partial charge in [-0.2, -0.15) is 5.10 Å². The van der Waals surface area contributed by atoms with E-state index < -0.39 is 0 Å². The van der Waals surface area contributed by atoms with Crippen LogP contribution in [0.15, 0.2) is 42.7 Å². The minimum atomic E-state index is -0.00641. The molecule has 1 aliphatic heterocycles. The van der Waals surface area contributed by atoms with Crippen molar-refractivity contribution in [3.05, 3.63) is 65.4 Å². The molecular formula is C21H25N5. The van der Waals surface area contributed by atoms with Gasteiger partial charge in [0.25, 0.3) is 0 Å². The van der Waals surface area contributed by atoms with Gasteiger partial charge in [-0.3, -0.25) is 10.00 Å². The molecule has 0 fully saturated rings. The fraction of sp³-hybridized carbons (Fsp3) is 0.381. The molecule has 0 saturated heterocycles. The predicted octanol–water partition coefficient (Wildman–Crippen LogP) is 3.72. The van der Waals surface area contributed by atoms with Gasteiger partial charge < -0.3 is 0 Å². The lowest BCUT2D eigenvalue weighted by molar-refractivity contribution is 0.242. The van der Waals surface area contributed by atoms with Crippen molar-refractivity contribution in [2.24, 2.45) is 0 Å². The molecule has 0 amide bonds. The first-order chi connectivity index (χ1) is 12.5. The van der Waals surface area contributed by atoms with Crippen molar-refractivity contribution >= 4 is 0 Å². The predicted molar refractivity (Wildman–Crippen MR) is 103 cm³/mol. The minimum Gasteiger partial charge on any atom is -0.294 e. The zero-order chi connectivity index (χ0) is 18.1. The van der Waals surface area contributed by atoms with Gasteiger partial charge in [-0.1, -0.05) is 51.1 Å². The Bertz CT molecular complexity index is 892. The number of H-pyrrole nitrogens is 1. The maximum atomic E-state index is 4.82. The number of rotatable bonds is 3. The highest BCUT2D eigenvalue weighted by atomic mass is 15.2. The largest absolute Gasteiger partial charge is 0.294 e. The number of hydrogen-bond acceptors (Lipinski definition) is 4. The van der Waals surface area contributed by atoms with Crippen LogP contribution in [0, 0.1) is 0 Å². The third-order valence-electron chi connectivity index (χ3n) is 4.86. The molecule has 1 aromatic carbocycles. The summed E-state index contributed by atoms with van der Waals surface area (Å²) in [5.74, 6) is 0.936. The first-order valence-electron chi connectivity index (χ1n) is 9.16. The Morgan fingerprint density at radius 3 is 2.69 bits per heavy atom. The molecule has 26 heavy (non-hydrogen) atoms. The number of aromatic amines is 1. The Morgan fingerprint density at radius 2 is 1.92 bits per heavy atom. The summed E-state index contributed by atoms with van der Waals surface area (Å²) in [6.07, 6.45) is 4.93. The van der Waals surface area contributed by atoms with E-state index in [9.17, 15) is 0 Å². The summed E-state index contributed by atoms with van der Waals surface area (Å²) in [4.78, 5) is 11.9. The van der Waals surface area contributed by atoms with Crippen molar-refractivity contribution in [1.82, 2.24) is 25.1 Å². The van der Waals surface area contributed by atoms with Crippen LogP contribution in [0.3, 0.4) is 0 Å². The maximum Gasteiger partial charge on any atom is 0.133 e. The van der Waals surface area contributed by atoms with Crippen molar-refractivity contribution < 1.29 is 0 Å². The first-order valence-corrected chi connectivity index (χ1v) is 9.16. The molecule has 0 radical (unpaired) electrons. The number of nitrogens with one attached hydrogen (secondary N) is 1. The second kappa shape index (κ2) is 6.65. The maximum absolute atomic E-state index is 4.82. The monoisotopic (exact) mass is 347 g/mol. The van der Waals surface area contributed by atoms with E-state index in [1.807, 2.05) is 18.5 Å². The van der Waals surface area contributed by atoms with Crippen LogP contribution >= 0.6 is 0 Å². The molecule has 1 N–H and O–H groups in total. The van der Waals surface area contributed by atoms with E-state index in [1.54, 1.807) is 0 Å². The summed E-state index contributed by atoms with van der Waals surface area (Å²) in [5.41, 5.74) is 5.96. The van der Waals surface area contributed by atoms with E-state index in [0.29, 0.717) is 0 Å². The molecule has 3 aromatic rings. The number of hydrogen-bond donors (Lipinski definition) is 1. The molecule has 0 atom stereocenters. The average Bonchev–Trinajstić information content (AvgIpc) is 3.09. The second-order valence-electron chi connectivity index (χ2n) is 8.01. The zero-order valence-corrected chi connectivity index (χ0v) is 15.7. The van der Waals surface area contributed by atoms with Crippen molar-refractivity contribution in [2.45, 2.75) is 45.7 Å². The van der Waals surface area contributed by atoms with Crippen molar-refractivity contribution in [1.29, 1.82) is 0 Å². The topological polar surface area (TPSA) is 57.7 Å². The highest BCUT2D eigenvalue weighted by molar-refractivity contribution is 5.62. The zero-order valence-electron chi connectivity index (χ0n) is 15.7. The third kappa shape index (κ3) is 3.40. The molecule has 0 saturated carbocycles. The van der Waals surface area contributed by atoms with E-state index in [2.05, 4.69) is 65.1 Å². The van der Waals surface area contributed by atoms with Gasteiger partial charge >= 0.3 is 0 Å². The highest BCUT2D eigenvalue weighted by Crippen LogP contribution is 2.26. The molecule has 0 unspecified atom stereocenters. The quantitative estimate of drug-likeness (QED) is 0.784. The van der Waals surface area contributed by atoms with Gasteiger partial charge in [0.15, 0.2) is 0 Å². The highest BCUT2D eigenvalue weighted by Gasteiger charge is 2.23. The first kappa shape index (κ1) is 16.9. The molecule has 0 bridgehead atoms. The smallest absolute Gasteiger partial charge is 0.133 e. The van der Waals surface area contributed by atoms with Crippen LogP contribution in [-0.2, 0) is 24.9 Å². The van der Waals surface area contributed by atoms with Crippen LogP contribution in [0.25, 0.3) is 11.3 Å². The summed E-state index contributed by atoms with van der Waals surface area (Å²) >= 11 is 0. The van der Waals surface area contributed by atoms with E-state index in [4.69, 9.17) is 4.98 Å². The van der Waals surface area contributed by atoms with E-state index in [1.165, 1.54) is 22.4 Å². The SMILES string of the molecule is CC(C)(C)c1ncc2c(n1)CCN(Cc1cn[nH]c1-c1ccccc1)C2. The molecule has 5 heteroatoms. The Labute approximate surface area is 154 Å². The summed E-state index contributed by atoms with van der Waals surface area (Å²) < 4.78 is 0. The van der Waals surface area contributed by atoms with E-state index >= 15 is 0 Å². The normalized spacial score (nSPS) is 15.0. The van der Waals surface area contributed by atoms with Gasteiger partial charge in [-0.25, -0.2) is 9.97 Å². The molecule has 1 aliphatic rings. The van der Waals surface area contributed by atoms with Crippen LogP contribution in [-0.4, -0.2) is 31.6 Å². The number of aromatic nitrogens is 4. The van der Waals surface area contributed by atoms with Gasteiger partial charge in [-0.15, -0.1) is 0 Å². The summed E-state index contributed by atoms with van der Waals surface area (Å²) in [6, 6.07) is 10.4. The lowest BCUT2D eigenvalue weighted by Gasteiger charge is -2.29. The lowest BCUT2D eigenvalue weighted by Crippen LogP contribution is -2.32. The standard InChI is InChI=1S/C21H25N5/c1-21(2,3)20-22-11-16-13-26(10-9-18(16)24-20)14-17-12-23-25-19(17)15-7-5-4-6-8-15/h4-8,11-12H,9-10,13-14H2,1-3H3,(H,23,25). The lowest BCUT2D eigenvalue weighted by atomic mass is 9.95. The summed E-state index contributed by atoms with van der Waals surface area (Å²) in [7, 11) is 0. The Hall–Kier alpha value is -2.53. The molecule has 2 aromatic heterocycles. The van der Waals surface area contributed by atoms with E-state index in [-0.39, 0.29) is 5.41 Å². The second-order valence-corrected chi connectivity index (χ2v) is 8.01. The Balaban J connectivity index is 1.52. The molecule has 4 rings (SSSR count).